The lowest BCUT2D eigenvalue weighted by molar-refractivity contribution is -0.386. The highest BCUT2D eigenvalue weighted by atomic mass is 16.6. The molecule has 0 saturated carbocycles. The summed E-state index contributed by atoms with van der Waals surface area (Å²) in [5, 5.41) is 11.0. The van der Waals surface area contributed by atoms with Gasteiger partial charge in [-0.3, -0.25) is 10.1 Å². The second-order valence-corrected chi connectivity index (χ2v) is 4.46. The number of nitrogens with zero attached hydrogens (tertiary/aromatic N) is 2. The maximum Gasteiger partial charge on any atom is 0.311 e. The third-order valence-electron chi connectivity index (χ3n) is 2.08. The molecular formula is C12H18N2O3. The van der Waals surface area contributed by atoms with Gasteiger partial charge in [0.25, 0.3) is 0 Å². The van der Waals surface area contributed by atoms with E-state index >= 15 is 0 Å². The van der Waals surface area contributed by atoms with Crippen LogP contribution in [-0.2, 0) is 6.54 Å². The molecule has 1 aromatic rings. The second-order valence-electron chi connectivity index (χ2n) is 4.46. The highest BCUT2D eigenvalue weighted by Crippen LogP contribution is 2.29. The van der Waals surface area contributed by atoms with Gasteiger partial charge in [-0.05, 0) is 39.6 Å². The first kappa shape index (κ1) is 13.4. The molecule has 0 aliphatic heterocycles. The van der Waals surface area contributed by atoms with Crippen LogP contribution in [0.3, 0.4) is 0 Å². The fraction of sp³-hybridized carbons (Fsp3) is 0.500. The molecule has 0 amide bonds. The van der Waals surface area contributed by atoms with Crippen LogP contribution < -0.4 is 4.74 Å². The average molecular weight is 238 g/mol. The molecule has 0 bridgehead atoms. The van der Waals surface area contributed by atoms with Gasteiger partial charge in [-0.15, -0.1) is 0 Å². The summed E-state index contributed by atoms with van der Waals surface area (Å²) in [6.07, 6.45) is -0.0756. The van der Waals surface area contributed by atoms with Crippen molar-refractivity contribution in [2.75, 3.05) is 14.1 Å². The molecule has 0 atom stereocenters. The zero-order chi connectivity index (χ0) is 13.0. The van der Waals surface area contributed by atoms with Crippen LogP contribution in [0.1, 0.15) is 19.4 Å². The van der Waals surface area contributed by atoms with Crippen molar-refractivity contribution < 1.29 is 9.66 Å². The Morgan fingerprint density at radius 2 is 2.06 bits per heavy atom. The van der Waals surface area contributed by atoms with E-state index in [0.717, 1.165) is 5.56 Å². The van der Waals surface area contributed by atoms with Gasteiger partial charge in [-0.2, -0.15) is 0 Å². The van der Waals surface area contributed by atoms with Gasteiger partial charge in [0, 0.05) is 12.6 Å². The Morgan fingerprint density at radius 1 is 1.41 bits per heavy atom. The predicted molar refractivity (Wildman–Crippen MR) is 66.3 cm³/mol. The van der Waals surface area contributed by atoms with E-state index in [-0.39, 0.29) is 11.8 Å². The predicted octanol–water partition coefficient (Wildman–Crippen LogP) is 2.44. The first-order valence-corrected chi connectivity index (χ1v) is 5.49. The maximum atomic E-state index is 11.0. The minimum absolute atomic E-state index is 0.0260. The van der Waals surface area contributed by atoms with Crippen LogP contribution in [0.25, 0.3) is 0 Å². The average Bonchev–Trinajstić information content (AvgIpc) is 2.18. The molecule has 94 valence electrons. The maximum absolute atomic E-state index is 11.0. The molecule has 1 rings (SSSR count). The Balaban J connectivity index is 3.04. The number of rotatable bonds is 5. The van der Waals surface area contributed by atoms with Gasteiger partial charge >= 0.3 is 5.69 Å². The van der Waals surface area contributed by atoms with Crippen LogP contribution >= 0.6 is 0 Å². The Morgan fingerprint density at radius 3 is 2.53 bits per heavy atom. The molecule has 0 N–H and O–H groups in total. The number of nitro benzene ring substituents is 1. The third kappa shape index (κ3) is 4.03. The molecule has 17 heavy (non-hydrogen) atoms. The van der Waals surface area contributed by atoms with Gasteiger partial charge in [0.15, 0.2) is 5.75 Å². The van der Waals surface area contributed by atoms with Crippen molar-refractivity contribution in [3.8, 4) is 5.75 Å². The summed E-state index contributed by atoms with van der Waals surface area (Å²) >= 11 is 0. The zero-order valence-corrected chi connectivity index (χ0v) is 10.6. The molecule has 5 nitrogen and oxygen atoms in total. The van der Waals surface area contributed by atoms with Crippen molar-refractivity contribution in [2.24, 2.45) is 0 Å². The quantitative estimate of drug-likeness (QED) is 0.584. The lowest BCUT2D eigenvalue weighted by Gasteiger charge is -2.13. The van der Waals surface area contributed by atoms with Gasteiger partial charge in [-0.25, -0.2) is 0 Å². The first-order valence-electron chi connectivity index (χ1n) is 5.49. The molecule has 5 heteroatoms. The molecule has 0 aliphatic rings. The highest BCUT2D eigenvalue weighted by Gasteiger charge is 2.17. The van der Waals surface area contributed by atoms with E-state index in [1.54, 1.807) is 12.1 Å². The summed E-state index contributed by atoms with van der Waals surface area (Å²) in [6.45, 7) is 4.36. The molecule has 0 saturated heterocycles. The minimum Gasteiger partial charge on any atom is -0.484 e. The monoisotopic (exact) mass is 238 g/mol. The van der Waals surface area contributed by atoms with Gasteiger partial charge in [-0.1, -0.05) is 6.07 Å². The van der Waals surface area contributed by atoms with Crippen molar-refractivity contribution >= 4 is 5.69 Å². The van der Waals surface area contributed by atoms with E-state index in [1.807, 2.05) is 38.9 Å². The van der Waals surface area contributed by atoms with Gasteiger partial charge < -0.3 is 9.64 Å². The number of benzene rings is 1. The van der Waals surface area contributed by atoms with E-state index in [0.29, 0.717) is 12.3 Å². The Kier molecular flexibility index (Phi) is 4.45. The summed E-state index contributed by atoms with van der Waals surface area (Å²) < 4.78 is 5.41. The lowest BCUT2D eigenvalue weighted by atomic mass is 10.2. The van der Waals surface area contributed by atoms with Crippen molar-refractivity contribution in [1.82, 2.24) is 4.90 Å². The summed E-state index contributed by atoms with van der Waals surface area (Å²) in [7, 11) is 3.84. The van der Waals surface area contributed by atoms with Gasteiger partial charge in [0.05, 0.1) is 11.0 Å². The van der Waals surface area contributed by atoms with E-state index in [2.05, 4.69) is 0 Å². The molecule has 0 fully saturated rings. The van der Waals surface area contributed by atoms with Crippen molar-refractivity contribution in [3.05, 3.63) is 33.9 Å². The van der Waals surface area contributed by atoms with Crippen LogP contribution in [0, 0.1) is 10.1 Å². The van der Waals surface area contributed by atoms with Crippen LogP contribution in [0.5, 0.6) is 5.75 Å². The molecule has 1 aromatic carbocycles. The Bertz CT molecular complexity index is 403. The van der Waals surface area contributed by atoms with Crippen LogP contribution in [0.15, 0.2) is 18.2 Å². The van der Waals surface area contributed by atoms with Crippen molar-refractivity contribution in [3.63, 3.8) is 0 Å². The van der Waals surface area contributed by atoms with Crippen LogP contribution in [0.2, 0.25) is 0 Å². The summed E-state index contributed by atoms with van der Waals surface area (Å²) in [5.74, 6) is 0.326. The molecule has 0 radical (unpaired) electrons. The minimum atomic E-state index is -0.406. The fourth-order valence-corrected chi connectivity index (χ4v) is 1.52. The van der Waals surface area contributed by atoms with E-state index in [4.69, 9.17) is 4.74 Å². The molecule has 0 aromatic heterocycles. The number of hydrogen-bond donors (Lipinski definition) is 0. The normalized spacial score (nSPS) is 10.9. The topological polar surface area (TPSA) is 55.6 Å². The molecule has 0 heterocycles. The largest absolute Gasteiger partial charge is 0.484 e. The van der Waals surface area contributed by atoms with Gasteiger partial charge in [0.2, 0.25) is 0 Å². The summed E-state index contributed by atoms with van der Waals surface area (Å²) in [5.41, 5.74) is 0.927. The molecular weight excluding hydrogens is 220 g/mol. The molecule has 0 unspecified atom stereocenters. The van der Waals surface area contributed by atoms with E-state index in [1.165, 1.54) is 0 Å². The fourth-order valence-electron chi connectivity index (χ4n) is 1.52. The number of hydrogen-bond acceptors (Lipinski definition) is 4. The number of nitro groups is 1. The van der Waals surface area contributed by atoms with Crippen molar-refractivity contribution in [2.45, 2.75) is 26.5 Å². The zero-order valence-electron chi connectivity index (χ0n) is 10.6. The van der Waals surface area contributed by atoms with Crippen molar-refractivity contribution in [1.29, 1.82) is 0 Å². The second kappa shape index (κ2) is 5.63. The smallest absolute Gasteiger partial charge is 0.311 e. The highest BCUT2D eigenvalue weighted by molar-refractivity contribution is 5.48. The SMILES string of the molecule is CC(C)Oc1ccc(CN(C)C)cc1[N+](=O)[O-]. The van der Waals surface area contributed by atoms with Gasteiger partial charge in [0.1, 0.15) is 0 Å². The number of ether oxygens (including phenoxy) is 1. The standard InChI is InChI=1S/C12H18N2O3/c1-9(2)17-12-6-5-10(8-13(3)4)7-11(12)14(15)16/h5-7,9H,8H2,1-4H3. The van der Waals surface area contributed by atoms with Crippen LogP contribution in [-0.4, -0.2) is 30.0 Å². The summed E-state index contributed by atoms with van der Waals surface area (Å²) in [4.78, 5) is 12.5. The lowest BCUT2D eigenvalue weighted by Crippen LogP contribution is -2.12. The van der Waals surface area contributed by atoms with Crippen LogP contribution in [0.4, 0.5) is 5.69 Å². The Labute approximate surface area is 101 Å². The molecule has 0 aliphatic carbocycles. The molecule has 0 spiro atoms. The first-order chi connectivity index (χ1) is 7.90. The summed E-state index contributed by atoms with van der Waals surface area (Å²) in [6, 6.07) is 5.08. The Hall–Kier alpha value is -1.62. The van der Waals surface area contributed by atoms with E-state index < -0.39 is 4.92 Å². The van der Waals surface area contributed by atoms with E-state index in [9.17, 15) is 10.1 Å². The third-order valence-corrected chi connectivity index (χ3v) is 2.08.